The quantitative estimate of drug-likeness (QED) is 0.847. The molecule has 0 bridgehead atoms. The molecule has 1 N–H and O–H groups in total. The third-order valence-electron chi connectivity index (χ3n) is 2.95. The number of hydrogen-bond acceptors (Lipinski definition) is 1. The summed E-state index contributed by atoms with van der Waals surface area (Å²) in [5.41, 5.74) is 0.430. The molecule has 0 aliphatic heterocycles. The SMILES string of the molecule is O=C(NCC1CCC1)c1cc(F)ccc1I. The van der Waals surface area contributed by atoms with E-state index < -0.39 is 0 Å². The van der Waals surface area contributed by atoms with Gasteiger partial charge in [-0.3, -0.25) is 4.79 Å². The first-order chi connectivity index (χ1) is 7.66. The number of carbonyl (C=O) groups excluding carboxylic acids is 1. The molecule has 0 atom stereocenters. The third-order valence-corrected chi connectivity index (χ3v) is 3.89. The van der Waals surface area contributed by atoms with Crippen LogP contribution in [0.15, 0.2) is 18.2 Å². The molecule has 1 aromatic rings. The van der Waals surface area contributed by atoms with Gasteiger partial charge in [0.1, 0.15) is 5.82 Å². The molecule has 0 aromatic heterocycles. The molecule has 2 nitrogen and oxygen atoms in total. The number of rotatable bonds is 3. The number of halogens is 2. The topological polar surface area (TPSA) is 29.1 Å². The van der Waals surface area contributed by atoms with Gasteiger partial charge in [0.2, 0.25) is 0 Å². The van der Waals surface area contributed by atoms with Crippen molar-refractivity contribution in [1.29, 1.82) is 0 Å². The molecule has 86 valence electrons. The zero-order chi connectivity index (χ0) is 11.5. The van der Waals surface area contributed by atoms with Crippen LogP contribution in [-0.2, 0) is 0 Å². The van der Waals surface area contributed by atoms with E-state index in [-0.39, 0.29) is 11.7 Å². The van der Waals surface area contributed by atoms with Crippen LogP contribution in [0.25, 0.3) is 0 Å². The van der Waals surface area contributed by atoms with Crippen LogP contribution in [0.5, 0.6) is 0 Å². The van der Waals surface area contributed by atoms with Gasteiger partial charge < -0.3 is 5.32 Å². The predicted octanol–water partition coefficient (Wildman–Crippen LogP) is 2.96. The van der Waals surface area contributed by atoms with Crippen molar-refractivity contribution < 1.29 is 9.18 Å². The lowest BCUT2D eigenvalue weighted by Crippen LogP contribution is -2.32. The number of amides is 1. The summed E-state index contributed by atoms with van der Waals surface area (Å²) in [6.45, 7) is 0.714. The molecule has 0 heterocycles. The Kier molecular flexibility index (Phi) is 3.78. The summed E-state index contributed by atoms with van der Waals surface area (Å²) in [4.78, 5) is 11.8. The minimum absolute atomic E-state index is 0.171. The van der Waals surface area contributed by atoms with Crippen LogP contribution in [0.4, 0.5) is 4.39 Å². The molecular weight excluding hydrogens is 320 g/mol. The Morgan fingerprint density at radius 3 is 2.88 bits per heavy atom. The standard InChI is InChI=1S/C12H13FINO/c13-9-4-5-11(14)10(6-9)12(16)15-7-8-2-1-3-8/h4-6,8H,1-3,7H2,(H,15,16). The Bertz CT molecular complexity index is 404. The maximum atomic E-state index is 13.0. The highest BCUT2D eigenvalue weighted by Crippen LogP contribution is 2.25. The van der Waals surface area contributed by atoms with Crippen molar-refractivity contribution in [1.82, 2.24) is 5.32 Å². The lowest BCUT2D eigenvalue weighted by atomic mass is 9.85. The number of hydrogen-bond donors (Lipinski definition) is 1. The minimum atomic E-state index is -0.366. The van der Waals surface area contributed by atoms with E-state index in [1.807, 2.05) is 22.6 Å². The molecule has 1 fully saturated rings. The molecule has 0 spiro atoms. The van der Waals surface area contributed by atoms with E-state index in [0.29, 0.717) is 18.0 Å². The lowest BCUT2D eigenvalue weighted by Gasteiger charge is -2.25. The number of benzene rings is 1. The van der Waals surface area contributed by atoms with Gasteiger partial charge in [0, 0.05) is 10.1 Å². The largest absolute Gasteiger partial charge is 0.352 e. The van der Waals surface area contributed by atoms with Gasteiger partial charge in [-0.1, -0.05) is 6.42 Å². The lowest BCUT2D eigenvalue weighted by molar-refractivity contribution is 0.0937. The van der Waals surface area contributed by atoms with Gasteiger partial charge in [-0.25, -0.2) is 4.39 Å². The van der Waals surface area contributed by atoms with Gasteiger partial charge in [-0.05, 0) is 59.5 Å². The zero-order valence-electron chi connectivity index (χ0n) is 8.80. The first-order valence-corrected chi connectivity index (χ1v) is 6.48. The first-order valence-electron chi connectivity index (χ1n) is 5.40. The van der Waals surface area contributed by atoms with Gasteiger partial charge >= 0.3 is 0 Å². The average Bonchev–Trinajstić information content (AvgIpc) is 2.19. The van der Waals surface area contributed by atoms with Crippen molar-refractivity contribution >= 4 is 28.5 Å². The van der Waals surface area contributed by atoms with Crippen LogP contribution in [0.3, 0.4) is 0 Å². The van der Waals surface area contributed by atoms with Crippen molar-refractivity contribution in [2.24, 2.45) is 5.92 Å². The van der Waals surface area contributed by atoms with Gasteiger partial charge in [-0.2, -0.15) is 0 Å². The summed E-state index contributed by atoms with van der Waals surface area (Å²) in [7, 11) is 0. The zero-order valence-corrected chi connectivity index (χ0v) is 11.0. The van der Waals surface area contributed by atoms with Crippen LogP contribution in [0.2, 0.25) is 0 Å². The maximum absolute atomic E-state index is 13.0. The monoisotopic (exact) mass is 333 g/mol. The molecule has 16 heavy (non-hydrogen) atoms. The minimum Gasteiger partial charge on any atom is -0.352 e. The smallest absolute Gasteiger partial charge is 0.252 e. The van der Waals surface area contributed by atoms with E-state index >= 15 is 0 Å². The Labute approximate surface area is 108 Å². The second kappa shape index (κ2) is 5.12. The summed E-state index contributed by atoms with van der Waals surface area (Å²) in [5.74, 6) is 0.0835. The first kappa shape index (κ1) is 11.8. The van der Waals surface area contributed by atoms with Crippen LogP contribution in [-0.4, -0.2) is 12.5 Å². The fourth-order valence-corrected chi connectivity index (χ4v) is 2.28. The Hall–Kier alpha value is -0.650. The molecular formula is C12H13FINO. The molecule has 1 aliphatic carbocycles. The van der Waals surface area contributed by atoms with Crippen LogP contribution < -0.4 is 5.32 Å². The average molecular weight is 333 g/mol. The summed E-state index contributed by atoms with van der Waals surface area (Å²) < 4.78 is 13.8. The fourth-order valence-electron chi connectivity index (χ4n) is 1.70. The molecule has 4 heteroatoms. The Balaban J connectivity index is 1.99. The van der Waals surface area contributed by atoms with Crippen molar-refractivity contribution in [3.63, 3.8) is 0 Å². The third kappa shape index (κ3) is 2.72. The summed E-state index contributed by atoms with van der Waals surface area (Å²) >= 11 is 2.05. The van der Waals surface area contributed by atoms with Gasteiger partial charge in [-0.15, -0.1) is 0 Å². The maximum Gasteiger partial charge on any atom is 0.252 e. The fraction of sp³-hybridized carbons (Fsp3) is 0.417. The summed E-state index contributed by atoms with van der Waals surface area (Å²) in [6.07, 6.45) is 3.65. The van der Waals surface area contributed by atoms with E-state index in [1.54, 1.807) is 6.07 Å². The van der Waals surface area contributed by atoms with E-state index in [2.05, 4.69) is 5.32 Å². The van der Waals surface area contributed by atoms with Crippen molar-refractivity contribution in [3.8, 4) is 0 Å². The molecule has 0 radical (unpaired) electrons. The molecule has 1 amide bonds. The van der Waals surface area contributed by atoms with E-state index in [1.165, 1.54) is 31.4 Å². The van der Waals surface area contributed by atoms with E-state index in [9.17, 15) is 9.18 Å². The van der Waals surface area contributed by atoms with Crippen molar-refractivity contribution in [3.05, 3.63) is 33.1 Å². The molecule has 0 unspecified atom stereocenters. The Morgan fingerprint density at radius 2 is 2.25 bits per heavy atom. The summed E-state index contributed by atoms with van der Waals surface area (Å²) in [6, 6.07) is 4.27. The van der Waals surface area contributed by atoms with Crippen molar-refractivity contribution in [2.75, 3.05) is 6.54 Å². The molecule has 1 saturated carbocycles. The number of nitrogens with one attached hydrogen (secondary N) is 1. The highest BCUT2D eigenvalue weighted by molar-refractivity contribution is 14.1. The van der Waals surface area contributed by atoms with Crippen LogP contribution in [0, 0.1) is 15.3 Å². The normalized spacial score (nSPS) is 15.6. The summed E-state index contributed by atoms with van der Waals surface area (Å²) in [5, 5.41) is 2.86. The highest BCUT2D eigenvalue weighted by Gasteiger charge is 2.19. The highest BCUT2D eigenvalue weighted by atomic mass is 127. The van der Waals surface area contributed by atoms with Crippen LogP contribution >= 0.6 is 22.6 Å². The second-order valence-corrected chi connectivity index (χ2v) is 5.29. The van der Waals surface area contributed by atoms with Crippen LogP contribution in [0.1, 0.15) is 29.6 Å². The van der Waals surface area contributed by atoms with Gasteiger partial charge in [0.15, 0.2) is 0 Å². The van der Waals surface area contributed by atoms with E-state index in [0.717, 1.165) is 3.57 Å². The Morgan fingerprint density at radius 1 is 1.50 bits per heavy atom. The van der Waals surface area contributed by atoms with Gasteiger partial charge in [0.25, 0.3) is 5.91 Å². The van der Waals surface area contributed by atoms with Gasteiger partial charge in [0.05, 0.1) is 5.56 Å². The molecule has 1 aliphatic rings. The van der Waals surface area contributed by atoms with E-state index in [4.69, 9.17) is 0 Å². The molecule has 0 saturated heterocycles. The predicted molar refractivity (Wildman–Crippen MR) is 68.8 cm³/mol. The molecule has 2 rings (SSSR count). The van der Waals surface area contributed by atoms with Crippen molar-refractivity contribution in [2.45, 2.75) is 19.3 Å². The second-order valence-electron chi connectivity index (χ2n) is 4.13. The molecule has 1 aromatic carbocycles. The number of carbonyl (C=O) groups is 1.